The maximum absolute atomic E-state index is 5.78. The zero-order valence-electron chi connectivity index (χ0n) is 10.4. The van der Waals surface area contributed by atoms with Gasteiger partial charge < -0.3 is 10.1 Å². The van der Waals surface area contributed by atoms with Crippen molar-refractivity contribution in [2.75, 3.05) is 11.9 Å². The number of hydrogen-bond donors (Lipinski definition) is 1. The number of fused-ring (bicyclic) bond motifs is 1. The second-order valence-electron chi connectivity index (χ2n) is 4.68. The van der Waals surface area contributed by atoms with Crippen LogP contribution in [-0.4, -0.2) is 12.1 Å². The van der Waals surface area contributed by atoms with Crippen molar-refractivity contribution in [3.8, 4) is 0 Å². The Bertz CT molecular complexity index is 432. The lowest BCUT2D eigenvalue weighted by molar-refractivity contribution is 0.194. The fourth-order valence-corrected chi connectivity index (χ4v) is 2.34. The molecule has 2 nitrogen and oxygen atoms in total. The molecule has 0 bridgehead atoms. The Kier molecular flexibility index (Phi) is 2.66. The van der Waals surface area contributed by atoms with Crippen LogP contribution in [0.2, 0.25) is 0 Å². The molecule has 0 aromatic heterocycles. The summed E-state index contributed by atoms with van der Waals surface area (Å²) in [5, 5.41) is 3.52. The van der Waals surface area contributed by atoms with Crippen molar-refractivity contribution in [2.45, 2.75) is 33.2 Å². The Labute approximate surface area is 97.3 Å². The summed E-state index contributed by atoms with van der Waals surface area (Å²) >= 11 is 0. The van der Waals surface area contributed by atoms with Crippen molar-refractivity contribution in [1.82, 2.24) is 0 Å². The number of hydrogen-bond acceptors (Lipinski definition) is 2. The van der Waals surface area contributed by atoms with E-state index in [-0.39, 0.29) is 5.54 Å². The molecule has 16 heavy (non-hydrogen) atoms. The molecule has 2 heteroatoms. The van der Waals surface area contributed by atoms with E-state index in [2.05, 4.69) is 50.4 Å². The largest absolute Gasteiger partial charge is 0.495 e. The highest BCUT2D eigenvalue weighted by molar-refractivity contribution is 5.81. The SMILES string of the molecule is CCOC1=C(C)c2ccccc2NC1(C)C. The highest BCUT2D eigenvalue weighted by Crippen LogP contribution is 2.38. The molecule has 1 heterocycles. The van der Waals surface area contributed by atoms with Gasteiger partial charge in [-0.3, -0.25) is 0 Å². The van der Waals surface area contributed by atoms with Gasteiger partial charge in [0.25, 0.3) is 0 Å². The Balaban J connectivity index is 2.55. The smallest absolute Gasteiger partial charge is 0.124 e. The molecular formula is C14H19NO. The lowest BCUT2D eigenvalue weighted by atomic mass is 9.89. The average molecular weight is 217 g/mol. The normalized spacial score (nSPS) is 17.8. The fraction of sp³-hybridized carbons (Fsp3) is 0.429. The van der Waals surface area contributed by atoms with E-state index in [0.29, 0.717) is 6.61 Å². The number of anilines is 1. The van der Waals surface area contributed by atoms with E-state index in [9.17, 15) is 0 Å². The van der Waals surface area contributed by atoms with E-state index in [1.54, 1.807) is 0 Å². The van der Waals surface area contributed by atoms with Gasteiger partial charge in [-0.25, -0.2) is 0 Å². The second kappa shape index (κ2) is 3.85. The van der Waals surface area contributed by atoms with E-state index in [1.165, 1.54) is 16.8 Å². The van der Waals surface area contributed by atoms with E-state index >= 15 is 0 Å². The summed E-state index contributed by atoms with van der Waals surface area (Å²) in [7, 11) is 0. The number of para-hydroxylation sites is 1. The maximum atomic E-state index is 5.78. The standard InChI is InChI=1S/C14H19NO/c1-5-16-13-10(2)11-8-6-7-9-12(11)15-14(13,3)4/h6-9,15H,5H2,1-4H3. The van der Waals surface area contributed by atoms with Gasteiger partial charge in [0, 0.05) is 11.3 Å². The molecule has 0 fully saturated rings. The van der Waals surface area contributed by atoms with E-state index in [1.807, 2.05) is 6.92 Å². The van der Waals surface area contributed by atoms with Crippen LogP contribution in [0.4, 0.5) is 5.69 Å². The van der Waals surface area contributed by atoms with Gasteiger partial charge in [-0.1, -0.05) is 18.2 Å². The van der Waals surface area contributed by atoms with Crippen LogP contribution >= 0.6 is 0 Å². The quantitative estimate of drug-likeness (QED) is 0.816. The van der Waals surface area contributed by atoms with Gasteiger partial charge >= 0.3 is 0 Å². The number of nitrogens with one attached hydrogen (secondary N) is 1. The number of benzene rings is 1. The van der Waals surface area contributed by atoms with Crippen LogP contribution < -0.4 is 5.32 Å². The Morgan fingerprint density at radius 2 is 1.94 bits per heavy atom. The van der Waals surface area contributed by atoms with Crippen LogP contribution in [0, 0.1) is 0 Å². The summed E-state index contributed by atoms with van der Waals surface area (Å²) in [4.78, 5) is 0. The zero-order chi connectivity index (χ0) is 11.8. The van der Waals surface area contributed by atoms with Crippen LogP contribution in [0.5, 0.6) is 0 Å². The molecule has 0 atom stereocenters. The van der Waals surface area contributed by atoms with Gasteiger partial charge in [0.15, 0.2) is 0 Å². The summed E-state index contributed by atoms with van der Waals surface area (Å²) in [6, 6.07) is 8.36. The summed E-state index contributed by atoms with van der Waals surface area (Å²) < 4.78 is 5.78. The van der Waals surface area contributed by atoms with Crippen molar-refractivity contribution in [3.63, 3.8) is 0 Å². The third-order valence-electron chi connectivity index (χ3n) is 2.98. The number of rotatable bonds is 2. The summed E-state index contributed by atoms with van der Waals surface area (Å²) in [5.74, 6) is 1.05. The molecule has 1 aliphatic rings. The van der Waals surface area contributed by atoms with Crippen LogP contribution in [0.1, 0.15) is 33.3 Å². The van der Waals surface area contributed by atoms with Crippen molar-refractivity contribution in [2.24, 2.45) is 0 Å². The molecule has 0 unspecified atom stereocenters. The zero-order valence-corrected chi connectivity index (χ0v) is 10.4. The molecule has 1 N–H and O–H groups in total. The number of ether oxygens (including phenoxy) is 1. The Morgan fingerprint density at radius 1 is 1.25 bits per heavy atom. The summed E-state index contributed by atoms with van der Waals surface area (Å²) in [6.45, 7) is 9.16. The van der Waals surface area contributed by atoms with Crippen LogP contribution in [0.15, 0.2) is 30.0 Å². The van der Waals surface area contributed by atoms with E-state index < -0.39 is 0 Å². The minimum absolute atomic E-state index is 0.131. The lowest BCUT2D eigenvalue weighted by Crippen LogP contribution is -2.38. The highest BCUT2D eigenvalue weighted by Gasteiger charge is 2.32. The first kappa shape index (κ1) is 11.1. The van der Waals surface area contributed by atoms with Crippen molar-refractivity contribution in [3.05, 3.63) is 35.6 Å². The topological polar surface area (TPSA) is 21.3 Å². The summed E-state index contributed by atoms with van der Waals surface area (Å²) in [6.07, 6.45) is 0. The molecule has 2 rings (SSSR count). The minimum atomic E-state index is -0.131. The minimum Gasteiger partial charge on any atom is -0.495 e. The molecule has 0 aliphatic carbocycles. The van der Waals surface area contributed by atoms with Crippen molar-refractivity contribution >= 4 is 11.3 Å². The van der Waals surface area contributed by atoms with Gasteiger partial charge in [0.05, 0.1) is 12.1 Å². The van der Waals surface area contributed by atoms with Gasteiger partial charge in [0.2, 0.25) is 0 Å². The maximum Gasteiger partial charge on any atom is 0.124 e. The summed E-state index contributed by atoms with van der Waals surface area (Å²) in [5.41, 5.74) is 3.54. The first-order valence-corrected chi connectivity index (χ1v) is 5.78. The third kappa shape index (κ3) is 1.69. The molecule has 0 amide bonds. The third-order valence-corrected chi connectivity index (χ3v) is 2.98. The van der Waals surface area contributed by atoms with Crippen molar-refractivity contribution < 1.29 is 4.74 Å². The molecule has 0 saturated carbocycles. The molecule has 0 saturated heterocycles. The average Bonchev–Trinajstić information content (AvgIpc) is 2.23. The van der Waals surface area contributed by atoms with Gasteiger partial charge in [0.1, 0.15) is 5.76 Å². The van der Waals surface area contributed by atoms with Gasteiger partial charge in [-0.05, 0) is 39.3 Å². The highest BCUT2D eigenvalue weighted by atomic mass is 16.5. The predicted octanol–water partition coefficient (Wildman–Crippen LogP) is 3.66. The first-order chi connectivity index (χ1) is 7.56. The molecule has 1 aliphatic heterocycles. The van der Waals surface area contributed by atoms with Crippen LogP contribution in [-0.2, 0) is 4.74 Å². The molecule has 1 aromatic carbocycles. The molecular weight excluding hydrogens is 198 g/mol. The Morgan fingerprint density at radius 3 is 2.62 bits per heavy atom. The molecule has 0 radical (unpaired) electrons. The second-order valence-corrected chi connectivity index (χ2v) is 4.68. The van der Waals surface area contributed by atoms with Gasteiger partial charge in [-0.2, -0.15) is 0 Å². The molecule has 1 aromatic rings. The number of allylic oxidation sites excluding steroid dienone is 1. The first-order valence-electron chi connectivity index (χ1n) is 5.78. The van der Waals surface area contributed by atoms with E-state index in [4.69, 9.17) is 4.74 Å². The van der Waals surface area contributed by atoms with Crippen LogP contribution in [0.25, 0.3) is 5.57 Å². The molecule has 0 spiro atoms. The Hall–Kier alpha value is -1.44. The predicted molar refractivity (Wildman–Crippen MR) is 68.4 cm³/mol. The lowest BCUT2D eigenvalue weighted by Gasteiger charge is -2.36. The van der Waals surface area contributed by atoms with E-state index in [0.717, 1.165) is 5.76 Å². The van der Waals surface area contributed by atoms with Gasteiger partial charge in [-0.15, -0.1) is 0 Å². The fourth-order valence-electron chi connectivity index (χ4n) is 2.34. The molecule has 86 valence electrons. The monoisotopic (exact) mass is 217 g/mol. The van der Waals surface area contributed by atoms with Crippen LogP contribution in [0.3, 0.4) is 0 Å². The van der Waals surface area contributed by atoms with Crippen molar-refractivity contribution in [1.29, 1.82) is 0 Å².